The van der Waals surface area contributed by atoms with Crippen LogP contribution in [0.15, 0.2) is 0 Å². The summed E-state index contributed by atoms with van der Waals surface area (Å²) in [6.07, 6.45) is 4.81. The first kappa shape index (κ1) is 16.0. The van der Waals surface area contributed by atoms with Gasteiger partial charge in [-0.05, 0) is 33.6 Å². The summed E-state index contributed by atoms with van der Waals surface area (Å²) in [4.78, 5) is 25.3. The van der Waals surface area contributed by atoms with E-state index in [0.29, 0.717) is 0 Å². The number of hydrogen-bond donors (Lipinski definition) is 2. The van der Waals surface area contributed by atoms with Gasteiger partial charge in [0.15, 0.2) is 0 Å². The predicted octanol–water partition coefficient (Wildman–Crippen LogP) is 1.02. The second kappa shape index (κ2) is 6.89. The van der Waals surface area contributed by atoms with Crippen LogP contribution in [0, 0.1) is 0 Å². The Morgan fingerprint density at radius 1 is 1.21 bits per heavy atom. The van der Waals surface area contributed by atoms with Crippen LogP contribution in [0.25, 0.3) is 0 Å². The van der Waals surface area contributed by atoms with Crippen molar-refractivity contribution in [3.63, 3.8) is 0 Å². The molecule has 3 N–H and O–H groups in total. The van der Waals surface area contributed by atoms with E-state index in [1.54, 1.807) is 0 Å². The molecule has 1 rings (SSSR count). The van der Waals surface area contributed by atoms with Gasteiger partial charge in [-0.25, -0.2) is 0 Å². The Hall–Kier alpha value is -1.10. The van der Waals surface area contributed by atoms with Gasteiger partial charge in [-0.1, -0.05) is 12.8 Å². The van der Waals surface area contributed by atoms with Gasteiger partial charge < -0.3 is 16.0 Å². The van der Waals surface area contributed by atoms with Crippen molar-refractivity contribution in [3.8, 4) is 0 Å². The number of nitrogens with two attached hydrogens (primary N) is 1. The molecule has 110 valence electrons. The first-order valence-corrected chi connectivity index (χ1v) is 7.16. The molecule has 0 aromatic carbocycles. The Morgan fingerprint density at radius 2 is 1.74 bits per heavy atom. The maximum absolute atomic E-state index is 12.4. The van der Waals surface area contributed by atoms with Crippen molar-refractivity contribution in [2.24, 2.45) is 5.73 Å². The fraction of sp³-hybridized carbons (Fsp3) is 0.857. The number of hydrogen-bond acceptors (Lipinski definition) is 3. The molecule has 5 heteroatoms. The summed E-state index contributed by atoms with van der Waals surface area (Å²) < 4.78 is 0. The molecule has 2 amide bonds. The molecule has 5 nitrogen and oxygen atoms in total. The highest BCUT2D eigenvalue weighted by molar-refractivity contribution is 5.82. The monoisotopic (exact) mass is 269 g/mol. The lowest BCUT2D eigenvalue weighted by molar-refractivity contribution is -0.134. The summed E-state index contributed by atoms with van der Waals surface area (Å²) >= 11 is 0. The number of rotatable bonds is 5. The summed E-state index contributed by atoms with van der Waals surface area (Å²) in [7, 11) is 0. The van der Waals surface area contributed by atoms with Crippen LogP contribution in [0.4, 0.5) is 0 Å². The number of primary amides is 1. The number of carbonyl (C=O) groups excluding carboxylic acids is 2. The average Bonchev–Trinajstić information content (AvgIpc) is 2.53. The molecule has 0 saturated carbocycles. The van der Waals surface area contributed by atoms with Gasteiger partial charge in [0.05, 0.1) is 6.04 Å². The SMILES string of the molecule is CC(NC(C)(C)CC(N)=O)C(=O)N1CCCCCC1. The van der Waals surface area contributed by atoms with Crippen LogP contribution >= 0.6 is 0 Å². The van der Waals surface area contributed by atoms with E-state index in [1.807, 2.05) is 25.7 Å². The summed E-state index contributed by atoms with van der Waals surface area (Å²) in [6.45, 7) is 7.34. The van der Waals surface area contributed by atoms with Crippen molar-refractivity contribution in [1.82, 2.24) is 10.2 Å². The normalized spacial score (nSPS) is 18.8. The predicted molar refractivity (Wildman–Crippen MR) is 75.5 cm³/mol. The Kier molecular flexibility index (Phi) is 5.79. The van der Waals surface area contributed by atoms with Crippen LogP contribution in [0.3, 0.4) is 0 Å². The number of likely N-dealkylation sites (tertiary alicyclic amines) is 1. The van der Waals surface area contributed by atoms with Crippen molar-refractivity contribution in [2.75, 3.05) is 13.1 Å². The standard InChI is InChI=1S/C14H27N3O2/c1-11(16-14(2,3)10-12(15)18)13(19)17-8-6-4-5-7-9-17/h11,16H,4-10H2,1-3H3,(H2,15,18). The van der Waals surface area contributed by atoms with Gasteiger partial charge >= 0.3 is 0 Å². The van der Waals surface area contributed by atoms with E-state index >= 15 is 0 Å². The Morgan fingerprint density at radius 3 is 2.21 bits per heavy atom. The molecule has 1 heterocycles. The van der Waals surface area contributed by atoms with Gasteiger partial charge in [0.1, 0.15) is 0 Å². The summed E-state index contributed by atoms with van der Waals surface area (Å²) in [6, 6.07) is -0.285. The second-order valence-electron chi connectivity index (χ2n) is 6.13. The summed E-state index contributed by atoms with van der Waals surface area (Å²) in [5, 5.41) is 3.21. The lowest BCUT2D eigenvalue weighted by atomic mass is 9.99. The maximum atomic E-state index is 12.4. The number of nitrogens with zero attached hydrogens (tertiary/aromatic N) is 1. The first-order valence-electron chi connectivity index (χ1n) is 7.16. The van der Waals surface area contributed by atoms with E-state index in [4.69, 9.17) is 5.73 Å². The third kappa shape index (κ3) is 5.59. The van der Waals surface area contributed by atoms with Crippen molar-refractivity contribution >= 4 is 11.8 Å². The zero-order chi connectivity index (χ0) is 14.5. The first-order chi connectivity index (χ1) is 8.82. The van der Waals surface area contributed by atoms with E-state index in [-0.39, 0.29) is 24.3 Å². The molecule has 0 aromatic heterocycles. The minimum atomic E-state index is -0.452. The van der Waals surface area contributed by atoms with Crippen LogP contribution in [-0.2, 0) is 9.59 Å². The zero-order valence-corrected chi connectivity index (χ0v) is 12.4. The van der Waals surface area contributed by atoms with Gasteiger partial charge in [0.25, 0.3) is 0 Å². The topological polar surface area (TPSA) is 75.4 Å². The van der Waals surface area contributed by atoms with E-state index in [2.05, 4.69) is 5.32 Å². The van der Waals surface area contributed by atoms with Gasteiger partial charge in [-0.3, -0.25) is 9.59 Å². The van der Waals surface area contributed by atoms with E-state index in [0.717, 1.165) is 25.9 Å². The van der Waals surface area contributed by atoms with Crippen LogP contribution in [-0.4, -0.2) is 41.4 Å². The lowest BCUT2D eigenvalue weighted by Crippen LogP contribution is -2.53. The maximum Gasteiger partial charge on any atom is 0.239 e. The zero-order valence-electron chi connectivity index (χ0n) is 12.4. The molecular weight excluding hydrogens is 242 g/mol. The number of carbonyl (C=O) groups is 2. The van der Waals surface area contributed by atoms with Gasteiger partial charge in [-0.2, -0.15) is 0 Å². The molecule has 0 spiro atoms. The fourth-order valence-corrected chi connectivity index (χ4v) is 2.70. The molecular formula is C14H27N3O2. The number of amides is 2. The van der Waals surface area contributed by atoms with E-state index in [1.165, 1.54) is 12.8 Å². The van der Waals surface area contributed by atoms with Gasteiger partial charge in [0, 0.05) is 25.0 Å². The van der Waals surface area contributed by atoms with E-state index < -0.39 is 5.54 Å². The molecule has 0 bridgehead atoms. The van der Waals surface area contributed by atoms with Gasteiger partial charge in [0.2, 0.25) is 11.8 Å². The van der Waals surface area contributed by atoms with Crippen LogP contribution in [0.1, 0.15) is 52.9 Å². The highest BCUT2D eigenvalue weighted by Gasteiger charge is 2.28. The van der Waals surface area contributed by atoms with E-state index in [9.17, 15) is 9.59 Å². The highest BCUT2D eigenvalue weighted by Crippen LogP contribution is 2.13. The third-order valence-electron chi connectivity index (χ3n) is 3.51. The minimum absolute atomic E-state index is 0.124. The largest absolute Gasteiger partial charge is 0.370 e. The second-order valence-corrected chi connectivity index (χ2v) is 6.13. The molecule has 1 atom stereocenters. The Balaban J connectivity index is 2.53. The molecule has 19 heavy (non-hydrogen) atoms. The van der Waals surface area contributed by atoms with Crippen LogP contribution < -0.4 is 11.1 Å². The molecule has 1 aliphatic rings. The Bertz CT molecular complexity index is 321. The van der Waals surface area contributed by atoms with Crippen LogP contribution in [0.5, 0.6) is 0 Å². The van der Waals surface area contributed by atoms with Crippen molar-refractivity contribution < 1.29 is 9.59 Å². The third-order valence-corrected chi connectivity index (χ3v) is 3.51. The Labute approximate surface area is 115 Å². The molecule has 1 unspecified atom stereocenters. The van der Waals surface area contributed by atoms with Crippen molar-refractivity contribution in [3.05, 3.63) is 0 Å². The minimum Gasteiger partial charge on any atom is -0.370 e. The average molecular weight is 269 g/mol. The molecule has 1 fully saturated rings. The van der Waals surface area contributed by atoms with Crippen LogP contribution in [0.2, 0.25) is 0 Å². The number of nitrogens with one attached hydrogen (secondary N) is 1. The quantitative estimate of drug-likeness (QED) is 0.782. The molecule has 1 aliphatic heterocycles. The van der Waals surface area contributed by atoms with Gasteiger partial charge in [-0.15, -0.1) is 0 Å². The molecule has 1 saturated heterocycles. The molecule has 0 radical (unpaired) electrons. The smallest absolute Gasteiger partial charge is 0.239 e. The van der Waals surface area contributed by atoms with Crippen molar-refractivity contribution in [1.29, 1.82) is 0 Å². The summed E-state index contributed by atoms with van der Waals surface area (Å²) in [5.74, 6) is -0.230. The highest BCUT2D eigenvalue weighted by atomic mass is 16.2. The fourth-order valence-electron chi connectivity index (χ4n) is 2.70. The lowest BCUT2D eigenvalue weighted by Gasteiger charge is -2.31. The summed E-state index contributed by atoms with van der Waals surface area (Å²) in [5.41, 5.74) is 4.77. The molecule has 0 aliphatic carbocycles. The molecule has 0 aromatic rings. The van der Waals surface area contributed by atoms with Crippen molar-refractivity contribution in [2.45, 2.75) is 64.5 Å².